The fourth-order valence-electron chi connectivity index (χ4n) is 3.22. The van der Waals surface area contributed by atoms with Gasteiger partial charge in [-0.15, -0.1) is 0 Å². The van der Waals surface area contributed by atoms with E-state index in [2.05, 4.69) is 20.8 Å². The molecule has 0 atom stereocenters. The van der Waals surface area contributed by atoms with Crippen LogP contribution in [0.5, 0.6) is 5.75 Å². The van der Waals surface area contributed by atoms with Gasteiger partial charge in [0.2, 0.25) is 11.2 Å². The largest absolute Gasteiger partial charge is 0.490 e. The fraction of sp³-hybridized carbons (Fsp3) is 0.286. The van der Waals surface area contributed by atoms with E-state index >= 15 is 0 Å². The zero-order chi connectivity index (χ0) is 17.6. The average Bonchev–Trinajstić information content (AvgIpc) is 2.51. The van der Waals surface area contributed by atoms with E-state index in [4.69, 9.17) is 9.15 Å². The number of methoxy groups -OCH3 is 1. The third kappa shape index (κ3) is 2.50. The minimum Gasteiger partial charge on any atom is -0.490 e. The van der Waals surface area contributed by atoms with Crippen LogP contribution in [-0.2, 0) is 0 Å². The summed E-state index contributed by atoms with van der Waals surface area (Å²) in [6.45, 7) is 10.1. The molecular weight excluding hydrogens is 300 g/mol. The fourth-order valence-corrected chi connectivity index (χ4v) is 3.22. The normalized spacial score (nSPS) is 11.1. The Labute approximate surface area is 141 Å². The van der Waals surface area contributed by atoms with Crippen molar-refractivity contribution < 1.29 is 9.15 Å². The summed E-state index contributed by atoms with van der Waals surface area (Å²) in [5.74, 6) is 0.753. The highest BCUT2D eigenvalue weighted by molar-refractivity contribution is 5.85. The average molecular weight is 322 g/mol. The molecular formula is C21H22O3. The van der Waals surface area contributed by atoms with E-state index in [0.29, 0.717) is 16.7 Å². The standard InChI is InChI=1S/C21H22O3/c1-11-7-14(4)18-17(8-11)24-20(21(23-6)19(18)22)16-9-12(2)15(5)13(3)10-16/h7-10H,1-6H3. The Kier molecular flexibility index (Phi) is 3.96. The Morgan fingerprint density at radius 2 is 1.50 bits per heavy atom. The van der Waals surface area contributed by atoms with E-state index in [1.54, 1.807) is 0 Å². The van der Waals surface area contributed by atoms with Gasteiger partial charge in [0, 0.05) is 5.56 Å². The second-order valence-corrected chi connectivity index (χ2v) is 6.48. The second-order valence-electron chi connectivity index (χ2n) is 6.48. The van der Waals surface area contributed by atoms with Crippen LogP contribution in [0, 0.1) is 34.6 Å². The second kappa shape index (κ2) is 5.82. The number of benzene rings is 2. The van der Waals surface area contributed by atoms with Gasteiger partial charge in [-0.1, -0.05) is 6.07 Å². The van der Waals surface area contributed by atoms with Crippen LogP contribution in [0.2, 0.25) is 0 Å². The SMILES string of the molecule is COc1c(-c2cc(C)c(C)c(C)c2)oc2cc(C)cc(C)c2c1=O. The maximum absolute atomic E-state index is 12.9. The van der Waals surface area contributed by atoms with Gasteiger partial charge in [0.25, 0.3) is 0 Å². The van der Waals surface area contributed by atoms with Crippen LogP contribution in [0.4, 0.5) is 0 Å². The Morgan fingerprint density at radius 1 is 0.875 bits per heavy atom. The Hall–Kier alpha value is -2.55. The Morgan fingerprint density at radius 3 is 2.08 bits per heavy atom. The van der Waals surface area contributed by atoms with E-state index in [1.807, 2.05) is 38.1 Å². The van der Waals surface area contributed by atoms with Crippen molar-refractivity contribution >= 4 is 11.0 Å². The number of ether oxygens (including phenoxy) is 1. The molecule has 0 bridgehead atoms. The van der Waals surface area contributed by atoms with Gasteiger partial charge in [-0.3, -0.25) is 4.79 Å². The Balaban J connectivity index is 2.42. The van der Waals surface area contributed by atoms with Gasteiger partial charge >= 0.3 is 0 Å². The lowest BCUT2D eigenvalue weighted by Gasteiger charge is -2.13. The van der Waals surface area contributed by atoms with Crippen LogP contribution in [0.3, 0.4) is 0 Å². The highest BCUT2D eigenvalue weighted by Gasteiger charge is 2.19. The predicted octanol–water partition coefficient (Wildman–Crippen LogP) is 5.01. The molecule has 2 aromatic carbocycles. The Bertz CT molecular complexity index is 987. The molecule has 24 heavy (non-hydrogen) atoms. The van der Waals surface area contributed by atoms with Crippen molar-refractivity contribution in [3.05, 3.63) is 62.3 Å². The van der Waals surface area contributed by atoms with Gasteiger partial charge in [0.05, 0.1) is 12.5 Å². The van der Waals surface area contributed by atoms with E-state index in [9.17, 15) is 4.79 Å². The first kappa shape index (κ1) is 16.3. The van der Waals surface area contributed by atoms with Crippen LogP contribution < -0.4 is 10.2 Å². The molecule has 0 N–H and O–H groups in total. The lowest BCUT2D eigenvalue weighted by atomic mass is 9.98. The van der Waals surface area contributed by atoms with Crippen LogP contribution in [0.1, 0.15) is 27.8 Å². The molecule has 0 amide bonds. The maximum atomic E-state index is 12.9. The number of fused-ring (bicyclic) bond motifs is 1. The maximum Gasteiger partial charge on any atom is 0.235 e. The van der Waals surface area contributed by atoms with Crippen molar-refractivity contribution in [3.8, 4) is 17.1 Å². The molecule has 3 nitrogen and oxygen atoms in total. The van der Waals surface area contributed by atoms with E-state index in [-0.39, 0.29) is 11.2 Å². The highest BCUT2D eigenvalue weighted by atomic mass is 16.5. The van der Waals surface area contributed by atoms with Gasteiger partial charge in [-0.05, 0) is 80.6 Å². The number of hydrogen-bond acceptors (Lipinski definition) is 3. The first-order valence-corrected chi connectivity index (χ1v) is 8.03. The molecule has 1 heterocycles. The molecule has 0 radical (unpaired) electrons. The monoisotopic (exact) mass is 322 g/mol. The van der Waals surface area contributed by atoms with Gasteiger partial charge in [-0.2, -0.15) is 0 Å². The zero-order valence-corrected chi connectivity index (χ0v) is 15.0. The smallest absolute Gasteiger partial charge is 0.235 e. The van der Waals surface area contributed by atoms with Crippen LogP contribution in [0.25, 0.3) is 22.3 Å². The predicted molar refractivity (Wildman–Crippen MR) is 98.2 cm³/mol. The third-order valence-corrected chi connectivity index (χ3v) is 4.69. The van der Waals surface area contributed by atoms with Crippen molar-refractivity contribution in [1.29, 1.82) is 0 Å². The molecule has 0 saturated carbocycles. The molecule has 0 aliphatic carbocycles. The van der Waals surface area contributed by atoms with Crippen molar-refractivity contribution in [1.82, 2.24) is 0 Å². The van der Waals surface area contributed by atoms with Gasteiger partial charge in [-0.25, -0.2) is 0 Å². The quantitative estimate of drug-likeness (QED) is 0.665. The van der Waals surface area contributed by atoms with Crippen LogP contribution in [0.15, 0.2) is 33.5 Å². The lowest BCUT2D eigenvalue weighted by Crippen LogP contribution is -2.09. The molecule has 0 saturated heterocycles. The van der Waals surface area contributed by atoms with Crippen molar-refractivity contribution in [3.63, 3.8) is 0 Å². The van der Waals surface area contributed by atoms with Gasteiger partial charge < -0.3 is 9.15 Å². The molecule has 3 aromatic rings. The molecule has 124 valence electrons. The first-order chi connectivity index (χ1) is 11.3. The molecule has 0 fully saturated rings. The third-order valence-electron chi connectivity index (χ3n) is 4.69. The summed E-state index contributed by atoms with van der Waals surface area (Å²) in [6.07, 6.45) is 0. The van der Waals surface area contributed by atoms with E-state index in [1.165, 1.54) is 12.7 Å². The molecule has 3 heteroatoms. The van der Waals surface area contributed by atoms with Crippen molar-refractivity contribution in [2.75, 3.05) is 7.11 Å². The summed E-state index contributed by atoms with van der Waals surface area (Å²) in [4.78, 5) is 12.9. The summed E-state index contributed by atoms with van der Waals surface area (Å²) in [7, 11) is 1.51. The van der Waals surface area contributed by atoms with Crippen molar-refractivity contribution in [2.24, 2.45) is 0 Å². The zero-order valence-electron chi connectivity index (χ0n) is 15.0. The minimum atomic E-state index is -0.123. The molecule has 0 aliphatic heterocycles. The molecule has 0 unspecified atom stereocenters. The van der Waals surface area contributed by atoms with Crippen LogP contribution in [-0.4, -0.2) is 7.11 Å². The number of aryl methyl sites for hydroxylation is 4. The molecule has 0 spiro atoms. The summed E-state index contributed by atoms with van der Waals surface area (Å²) in [5, 5.41) is 0.585. The first-order valence-electron chi connectivity index (χ1n) is 8.03. The lowest BCUT2D eigenvalue weighted by molar-refractivity contribution is 0.398. The highest BCUT2D eigenvalue weighted by Crippen LogP contribution is 2.33. The van der Waals surface area contributed by atoms with E-state index < -0.39 is 0 Å². The number of rotatable bonds is 2. The number of hydrogen-bond donors (Lipinski definition) is 0. The van der Waals surface area contributed by atoms with Gasteiger partial charge in [0.1, 0.15) is 5.58 Å². The molecule has 3 rings (SSSR count). The molecule has 0 aliphatic rings. The summed E-state index contributed by atoms with van der Waals surface area (Å²) < 4.78 is 11.6. The van der Waals surface area contributed by atoms with Crippen LogP contribution >= 0.6 is 0 Å². The van der Waals surface area contributed by atoms with E-state index in [0.717, 1.165) is 27.8 Å². The minimum absolute atomic E-state index is 0.123. The van der Waals surface area contributed by atoms with Gasteiger partial charge in [0.15, 0.2) is 5.76 Å². The summed E-state index contributed by atoms with van der Waals surface area (Å²) >= 11 is 0. The van der Waals surface area contributed by atoms with Crippen molar-refractivity contribution in [2.45, 2.75) is 34.6 Å². The molecule has 1 aromatic heterocycles. The summed E-state index contributed by atoms with van der Waals surface area (Å²) in [5.41, 5.74) is 6.88. The summed E-state index contributed by atoms with van der Waals surface area (Å²) in [6, 6.07) is 7.97. The topological polar surface area (TPSA) is 39.4 Å².